The van der Waals surface area contributed by atoms with Gasteiger partial charge in [-0.2, -0.15) is 0 Å². The first-order valence-electron chi connectivity index (χ1n) is 10.6. The smallest absolute Gasteiger partial charge is 0.240 e. The van der Waals surface area contributed by atoms with E-state index in [2.05, 4.69) is 27.3 Å². The van der Waals surface area contributed by atoms with Crippen molar-refractivity contribution in [1.29, 1.82) is 0 Å². The Morgan fingerprint density at radius 1 is 1.14 bits per heavy atom. The summed E-state index contributed by atoms with van der Waals surface area (Å²) in [7, 11) is -2.00. The molecule has 0 heterocycles. The molecule has 0 aliphatic heterocycles. The average Bonchev–Trinajstić information content (AvgIpc) is 3.19. The van der Waals surface area contributed by atoms with Crippen molar-refractivity contribution in [3.05, 3.63) is 29.8 Å². The molecule has 0 spiro atoms. The minimum atomic E-state index is -3.41. The number of nitrogens with one attached hydrogen (secondary N) is 3. The Kier molecular flexibility index (Phi) is 9.39. The van der Waals surface area contributed by atoms with Crippen molar-refractivity contribution < 1.29 is 13.2 Å². The Morgan fingerprint density at radius 3 is 2.41 bits per heavy atom. The molecule has 8 heteroatoms. The Morgan fingerprint density at radius 2 is 1.83 bits per heavy atom. The highest BCUT2D eigenvalue weighted by Crippen LogP contribution is 2.40. The van der Waals surface area contributed by atoms with Crippen molar-refractivity contribution in [2.45, 2.75) is 57.4 Å². The fourth-order valence-corrected chi connectivity index (χ4v) is 4.48. The van der Waals surface area contributed by atoms with E-state index in [-0.39, 0.29) is 10.3 Å². The topological polar surface area (TPSA) is 91.8 Å². The lowest BCUT2D eigenvalue weighted by Crippen LogP contribution is -2.43. The number of nitrogens with zero attached hydrogens (tertiary/aromatic N) is 1. The maximum Gasteiger partial charge on any atom is 0.240 e. The maximum atomic E-state index is 11.8. The second-order valence-electron chi connectivity index (χ2n) is 7.55. The third kappa shape index (κ3) is 7.28. The maximum absolute atomic E-state index is 11.8. The van der Waals surface area contributed by atoms with Crippen molar-refractivity contribution in [3.8, 4) is 0 Å². The molecule has 3 N–H and O–H groups in total. The molecule has 164 valence electrons. The van der Waals surface area contributed by atoms with E-state index in [4.69, 9.17) is 4.74 Å². The van der Waals surface area contributed by atoms with Crippen LogP contribution in [-0.2, 0) is 21.3 Å². The van der Waals surface area contributed by atoms with Crippen LogP contribution in [0, 0.1) is 5.41 Å². The van der Waals surface area contributed by atoms with Crippen LogP contribution in [0.15, 0.2) is 34.2 Å². The van der Waals surface area contributed by atoms with Gasteiger partial charge in [-0.1, -0.05) is 25.0 Å². The van der Waals surface area contributed by atoms with Gasteiger partial charge in [0.25, 0.3) is 0 Å². The van der Waals surface area contributed by atoms with Crippen LogP contribution in [-0.4, -0.2) is 47.7 Å². The molecule has 0 saturated heterocycles. The molecule has 1 fully saturated rings. The summed E-state index contributed by atoms with van der Waals surface area (Å²) in [6.45, 7) is 7.84. The molecular formula is C21H36N4O3S. The van der Waals surface area contributed by atoms with Gasteiger partial charge in [-0.25, -0.2) is 18.1 Å². The zero-order chi connectivity index (χ0) is 21.2. The van der Waals surface area contributed by atoms with Crippen LogP contribution in [0.25, 0.3) is 0 Å². The molecule has 2 rings (SSSR count). The standard InChI is InChI=1S/C21H36N4O3S/c1-4-23-20(25-17-21(12-6-7-13-21)14-15-28-5-2)24-16-18-8-10-19(11-9-18)29(26,27)22-3/h8-11,22H,4-7,12-17H2,1-3H3,(H2,23,24,25). The molecule has 0 radical (unpaired) electrons. The van der Waals surface area contributed by atoms with Gasteiger partial charge < -0.3 is 15.4 Å². The first kappa shape index (κ1) is 23.6. The van der Waals surface area contributed by atoms with Crippen LogP contribution in [0.2, 0.25) is 0 Å². The second kappa shape index (κ2) is 11.5. The summed E-state index contributed by atoms with van der Waals surface area (Å²) < 4.78 is 31.6. The van der Waals surface area contributed by atoms with Gasteiger partial charge in [0.15, 0.2) is 5.96 Å². The molecule has 0 amide bonds. The van der Waals surface area contributed by atoms with Gasteiger partial charge in [-0.15, -0.1) is 0 Å². The summed E-state index contributed by atoms with van der Waals surface area (Å²) in [6.07, 6.45) is 6.10. The Balaban J connectivity index is 1.98. The van der Waals surface area contributed by atoms with E-state index in [1.807, 2.05) is 6.92 Å². The molecule has 0 aromatic heterocycles. The van der Waals surface area contributed by atoms with Gasteiger partial charge in [0.2, 0.25) is 10.0 Å². The lowest BCUT2D eigenvalue weighted by Gasteiger charge is -2.30. The number of rotatable bonds is 11. The average molecular weight is 425 g/mol. The van der Waals surface area contributed by atoms with Crippen LogP contribution >= 0.6 is 0 Å². The number of benzene rings is 1. The van der Waals surface area contributed by atoms with Gasteiger partial charge in [-0.05, 0) is 63.3 Å². The molecule has 1 aliphatic carbocycles. The summed E-state index contributed by atoms with van der Waals surface area (Å²) in [4.78, 5) is 4.94. The molecule has 29 heavy (non-hydrogen) atoms. The van der Waals surface area contributed by atoms with Crippen LogP contribution in [0.4, 0.5) is 0 Å². The van der Waals surface area contributed by atoms with Crippen LogP contribution in [0.1, 0.15) is 51.5 Å². The van der Waals surface area contributed by atoms with Crippen LogP contribution in [0.3, 0.4) is 0 Å². The van der Waals surface area contributed by atoms with Gasteiger partial charge in [0, 0.05) is 26.3 Å². The Bertz CT molecular complexity index is 742. The van der Waals surface area contributed by atoms with Crippen molar-refractivity contribution in [2.24, 2.45) is 10.4 Å². The molecule has 0 bridgehead atoms. The zero-order valence-corrected chi connectivity index (χ0v) is 18.8. The third-order valence-corrected chi connectivity index (χ3v) is 6.97. The lowest BCUT2D eigenvalue weighted by molar-refractivity contribution is 0.105. The fourth-order valence-electron chi connectivity index (χ4n) is 3.75. The van der Waals surface area contributed by atoms with E-state index < -0.39 is 10.0 Å². The van der Waals surface area contributed by atoms with Crippen molar-refractivity contribution >= 4 is 16.0 Å². The van der Waals surface area contributed by atoms with Gasteiger partial charge >= 0.3 is 0 Å². The predicted octanol–water partition coefficient (Wildman–Crippen LogP) is 2.64. The highest BCUT2D eigenvalue weighted by Gasteiger charge is 2.33. The number of ether oxygens (including phenoxy) is 1. The number of aliphatic imine (C=N–C) groups is 1. The molecule has 1 aromatic rings. The second-order valence-corrected chi connectivity index (χ2v) is 9.44. The highest BCUT2D eigenvalue weighted by molar-refractivity contribution is 7.89. The third-order valence-electron chi connectivity index (χ3n) is 5.54. The van der Waals surface area contributed by atoms with Gasteiger partial charge in [0.1, 0.15) is 0 Å². The largest absolute Gasteiger partial charge is 0.382 e. The van der Waals surface area contributed by atoms with E-state index in [1.54, 1.807) is 24.3 Å². The normalized spacial score (nSPS) is 16.7. The van der Waals surface area contributed by atoms with E-state index in [0.29, 0.717) is 6.54 Å². The van der Waals surface area contributed by atoms with Gasteiger partial charge in [0.05, 0.1) is 11.4 Å². The fraction of sp³-hybridized carbons (Fsp3) is 0.667. The molecule has 1 saturated carbocycles. The van der Waals surface area contributed by atoms with E-state index in [0.717, 1.165) is 44.2 Å². The zero-order valence-electron chi connectivity index (χ0n) is 18.0. The molecule has 1 aliphatic rings. The van der Waals surface area contributed by atoms with Crippen LogP contribution < -0.4 is 15.4 Å². The van der Waals surface area contributed by atoms with Crippen LogP contribution in [0.5, 0.6) is 0 Å². The molecule has 0 unspecified atom stereocenters. The monoisotopic (exact) mass is 424 g/mol. The molecule has 1 aromatic carbocycles. The summed E-state index contributed by atoms with van der Waals surface area (Å²) in [5.74, 6) is 0.794. The SMILES string of the molecule is CCNC(=NCc1ccc(S(=O)(=O)NC)cc1)NCC1(CCOCC)CCCC1. The van der Waals surface area contributed by atoms with E-state index >= 15 is 0 Å². The Labute approximate surface area is 175 Å². The summed E-state index contributed by atoms with van der Waals surface area (Å²) in [5.41, 5.74) is 1.25. The van der Waals surface area contributed by atoms with E-state index in [1.165, 1.54) is 32.7 Å². The van der Waals surface area contributed by atoms with Crippen molar-refractivity contribution in [1.82, 2.24) is 15.4 Å². The van der Waals surface area contributed by atoms with Gasteiger partial charge in [-0.3, -0.25) is 0 Å². The summed E-state index contributed by atoms with van der Waals surface area (Å²) in [5, 5.41) is 6.83. The predicted molar refractivity (Wildman–Crippen MR) is 118 cm³/mol. The number of hydrogen-bond donors (Lipinski definition) is 3. The minimum absolute atomic E-state index is 0.259. The first-order valence-corrected chi connectivity index (χ1v) is 12.1. The van der Waals surface area contributed by atoms with Crippen molar-refractivity contribution in [2.75, 3.05) is 33.4 Å². The highest BCUT2D eigenvalue weighted by atomic mass is 32.2. The lowest BCUT2D eigenvalue weighted by atomic mass is 9.83. The molecule has 7 nitrogen and oxygen atoms in total. The number of sulfonamides is 1. The molecular weight excluding hydrogens is 388 g/mol. The Hall–Kier alpha value is -1.64. The van der Waals surface area contributed by atoms with Crippen molar-refractivity contribution in [3.63, 3.8) is 0 Å². The number of guanidine groups is 1. The summed E-state index contributed by atoms with van der Waals surface area (Å²) >= 11 is 0. The number of hydrogen-bond acceptors (Lipinski definition) is 4. The quantitative estimate of drug-likeness (QED) is 0.289. The molecule has 0 atom stereocenters. The minimum Gasteiger partial charge on any atom is -0.382 e. The first-order chi connectivity index (χ1) is 13.9. The summed E-state index contributed by atoms with van der Waals surface area (Å²) in [6, 6.07) is 6.83. The van der Waals surface area contributed by atoms with E-state index in [9.17, 15) is 8.42 Å².